The maximum atomic E-state index is 12.0. The fourth-order valence-corrected chi connectivity index (χ4v) is 1.79. The van der Waals surface area contributed by atoms with Crippen molar-refractivity contribution in [2.24, 2.45) is 5.73 Å². The van der Waals surface area contributed by atoms with Gasteiger partial charge in [-0.05, 0) is 40.0 Å². The number of carboxylic acid groups (broad SMARTS) is 1. The lowest BCUT2D eigenvalue weighted by Crippen LogP contribution is -2.37. The van der Waals surface area contributed by atoms with Crippen LogP contribution in [0, 0.1) is 0 Å². The first-order valence-electron chi connectivity index (χ1n) is 6.61. The number of rotatable bonds is 9. The molecule has 0 aliphatic carbocycles. The summed E-state index contributed by atoms with van der Waals surface area (Å²) in [6, 6.07) is 0.235. The maximum Gasteiger partial charge on any atom is 0.303 e. The SMILES string of the molecule is CC(N)CCCC(=O)N(CCCC(=O)O)C(C)C. The normalized spacial score (nSPS) is 12.5. The van der Waals surface area contributed by atoms with Gasteiger partial charge in [-0.3, -0.25) is 9.59 Å². The first-order valence-corrected chi connectivity index (χ1v) is 6.61. The van der Waals surface area contributed by atoms with Crippen LogP contribution in [0.4, 0.5) is 0 Å². The highest BCUT2D eigenvalue weighted by Crippen LogP contribution is 2.08. The summed E-state index contributed by atoms with van der Waals surface area (Å²) < 4.78 is 0. The smallest absolute Gasteiger partial charge is 0.303 e. The van der Waals surface area contributed by atoms with Gasteiger partial charge in [-0.1, -0.05) is 0 Å². The molecule has 0 aliphatic heterocycles. The number of carboxylic acids is 1. The van der Waals surface area contributed by atoms with Gasteiger partial charge in [-0.15, -0.1) is 0 Å². The summed E-state index contributed by atoms with van der Waals surface area (Å²) >= 11 is 0. The highest BCUT2D eigenvalue weighted by atomic mass is 16.4. The number of hydrogen-bond donors (Lipinski definition) is 2. The third-order valence-corrected chi connectivity index (χ3v) is 2.78. The highest BCUT2D eigenvalue weighted by Gasteiger charge is 2.16. The lowest BCUT2D eigenvalue weighted by molar-refractivity contribution is -0.138. The van der Waals surface area contributed by atoms with Crippen molar-refractivity contribution in [3.05, 3.63) is 0 Å². The summed E-state index contributed by atoms with van der Waals surface area (Å²) in [5.41, 5.74) is 5.64. The van der Waals surface area contributed by atoms with Gasteiger partial charge in [0.2, 0.25) is 5.91 Å². The Morgan fingerprint density at radius 3 is 2.22 bits per heavy atom. The number of carbonyl (C=O) groups excluding carboxylic acids is 1. The van der Waals surface area contributed by atoms with Crippen LogP contribution >= 0.6 is 0 Å². The fraction of sp³-hybridized carbons (Fsp3) is 0.846. The average Bonchev–Trinajstić information content (AvgIpc) is 2.22. The second-order valence-electron chi connectivity index (χ2n) is 5.05. The Bertz CT molecular complexity index is 265. The van der Waals surface area contributed by atoms with Crippen molar-refractivity contribution < 1.29 is 14.7 Å². The number of carbonyl (C=O) groups is 2. The van der Waals surface area contributed by atoms with Crippen LogP contribution in [0.3, 0.4) is 0 Å². The Balaban J connectivity index is 4.07. The van der Waals surface area contributed by atoms with Gasteiger partial charge >= 0.3 is 5.97 Å². The average molecular weight is 258 g/mol. The van der Waals surface area contributed by atoms with E-state index >= 15 is 0 Å². The second-order valence-corrected chi connectivity index (χ2v) is 5.05. The summed E-state index contributed by atoms with van der Waals surface area (Å²) in [7, 11) is 0. The van der Waals surface area contributed by atoms with E-state index < -0.39 is 5.97 Å². The molecule has 0 aromatic heterocycles. The first kappa shape index (κ1) is 16.9. The molecule has 1 atom stereocenters. The van der Waals surface area contributed by atoms with Gasteiger partial charge in [0, 0.05) is 31.5 Å². The van der Waals surface area contributed by atoms with E-state index in [1.165, 1.54) is 0 Å². The quantitative estimate of drug-likeness (QED) is 0.658. The molecule has 0 bridgehead atoms. The van der Waals surface area contributed by atoms with E-state index in [0.29, 0.717) is 19.4 Å². The molecule has 0 aromatic rings. The number of hydrogen-bond acceptors (Lipinski definition) is 3. The molecule has 1 amide bonds. The summed E-state index contributed by atoms with van der Waals surface area (Å²) in [5.74, 6) is -0.723. The number of aliphatic carboxylic acids is 1. The molecule has 0 saturated heterocycles. The van der Waals surface area contributed by atoms with Gasteiger partial charge in [0.05, 0.1) is 0 Å². The minimum atomic E-state index is -0.817. The predicted octanol–water partition coefficient (Wildman–Crippen LogP) is 1.61. The molecule has 0 saturated carbocycles. The van der Waals surface area contributed by atoms with Crippen molar-refractivity contribution in [3.8, 4) is 0 Å². The molecular weight excluding hydrogens is 232 g/mol. The van der Waals surface area contributed by atoms with Crippen LogP contribution in [-0.4, -0.2) is 40.5 Å². The third kappa shape index (κ3) is 8.06. The Labute approximate surface area is 109 Å². The lowest BCUT2D eigenvalue weighted by Gasteiger charge is -2.26. The fourth-order valence-electron chi connectivity index (χ4n) is 1.79. The summed E-state index contributed by atoms with van der Waals surface area (Å²) in [6.45, 7) is 6.34. The van der Waals surface area contributed by atoms with Crippen LogP contribution in [0.2, 0.25) is 0 Å². The lowest BCUT2D eigenvalue weighted by atomic mass is 10.1. The van der Waals surface area contributed by atoms with E-state index in [2.05, 4.69) is 0 Å². The molecule has 0 aromatic carbocycles. The Morgan fingerprint density at radius 2 is 1.78 bits per heavy atom. The molecule has 1 unspecified atom stereocenters. The van der Waals surface area contributed by atoms with Crippen LogP contribution in [0.15, 0.2) is 0 Å². The van der Waals surface area contributed by atoms with Crippen LogP contribution in [0.1, 0.15) is 52.9 Å². The molecule has 5 heteroatoms. The second kappa shape index (κ2) is 8.91. The molecule has 0 rings (SSSR count). The van der Waals surface area contributed by atoms with E-state index in [0.717, 1.165) is 12.8 Å². The molecule has 5 nitrogen and oxygen atoms in total. The molecule has 106 valence electrons. The van der Waals surface area contributed by atoms with Crippen molar-refractivity contribution in [1.29, 1.82) is 0 Å². The molecular formula is C13H26N2O3. The number of nitrogens with zero attached hydrogens (tertiary/aromatic N) is 1. The zero-order valence-corrected chi connectivity index (χ0v) is 11.7. The summed E-state index contributed by atoms with van der Waals surface area (Å²) in [4.78, 5) is 24.2. The number of nitrogens with two attached hydrogens (primary N) is 1. The first-order chi connectivity index (χ1) is 8.34. The molecule has 0 fully saturated rings. The van der Waals surface area contributed by atoms with Crippen molar-refractivity contribution in [3.63, 3.8) is 0 Å². The maximum absolute atomic E-state index is 12.0. The molecule has 0 heterocycles. The van der Waals surface area contributed by atoms with Gasteiger partial charge < -0.3 is 15.7 Å². The van der Waals surface area contributed by atoms with E-state index in [1.807, 2.05) is 20.8 Å². The van der Waals surface area contributed by atoms with E-state index in [-0.39, 0.29) is 24.4 Å². The topological polar surface area (TPSA) is 83.6 Å². The predicted molar refractivity (Wildman–Crippen MR) is 71.2 cm³/mol. The van der Waals surface area contributed by atoms with Crippen LogP contribution < -0.4 is 5.73 Å². The standard InChI is InChI=1S/C13H26N2O3/c1-10(2)15(9-5-8-13(17)18)12(16)7-4-6-11(3)14/h10-11H,4-9,14H2,1-3H3,(H,17,18). The van der Waals surface area contributed by atoms with E-state index in [4.69, 9.17) is 10.8 Å². The Hall–Kier alpha value is -1.10. The zero-order valence-electron chi connectivity index (χ0n) is 11.7. The van der Waals surface area contributed by atoms with Crippen molar-refractivity contribution in [2.75, 3.05) is 6.54 Å². The Morgan fingerprint density at radius 1 is 1.17 bits per heavy atom. The van der Waals surface area contributed by atoms with Crippen molar-refractivity contribution >= 4 is 11.9 Å². The minimum absolute atomic E-state index is 0.0936. The zero-order chi connectivity index (χ0) is 14.1. The van der Waals surface area contributed by atoms with Gasteiger partial charge in [-0.25, -0.2) is 0 Å². The van der Waals surface area contributed by atoms with Gasteiger partial charge in [0.1, 0.15) is 0 Å². The van der Waals surface area contributed by atoms with Gasteiger partial charge in [0.25, 0.3) is 0 Å². The van der Waals surface area contributed by atoms with Gasteiger partial charge in [-0.2, -0.15) is 0 Å². The summed E-state index contributed by atoms with van der Waals surface area (Å²) in [5, 5.41) is 8.59. The van der Waals surface area contributed by atoms with Crippen molar-refractivity contribution in [1.82, 2.24) is 4.90 Å². The molecule has 0 spiro atoms. The molecule has 0 aliphatic rings. The van der Waals surface area contributed by atoms with Gasteiger partial charge in [0.15, 0.2) is 0 Å². The molecule has 18 heavy (non-hydrogen) atoms. The monoisotopic (exact) mass is 258 g/mol. The highest BCUT2D eigenvalue weighted by molar-refractivity contribution is 5.76. The third-order valence-electron chi connectivity index (χ3n) is 2.78. The number of amides is 1. The summed E-state index contributed by atoms with van der Waals surface area (Å²) in [6.07, 6.45) is 2.74. The van der Waals surface area contributed by atoms with Crippen molar-refractivity contribution in [2.45, 2.75) is 65.0 Å². The Kier molecular flexibility index (Phi) is 8.37. The van der Waals surface area contributed by atoms with E-state index in [1.54, 1.807) is 4.90 Å². The largest absolute Gasteiger partial charge is 0.481 e. The van der Waals surface area contributed by atoms with Crippen LogP contribution in [0.5, 0.6) is 0 Å². The van der Waals surface area contributed by atoms with Crippen LogP contribution in [0.25, 0.3) is 0 Å². The molecule has 3 N–H and O–H groups in total. The van der Waals surface area contributed by atoms with Crippen LogP contribution in [-0.2, 0) is 9.59 Å². The molecule has 0 radical (unpaired) electrons. The van der Waals surface area contributed by atoms with E-state index in [9.17, 15) is 9.59 Å². The minimum Gasteiger partial charge on any atom is -0.481 e.